The Kier molecular flexibility index (Phi) is 7.60. The van der Waals surface area contributed by atoms with Crippen molar-refractivity contribution in [2.24, 2.45) is 5.92 Å². The number of benzene rings is 1. The minimum absolute atomic E-state index is 0.200. The van der Waals surface area contributed by atoms with Crippen LogP contribution in [0, 0.1) is 5.92 Å². The highest BCUT2D eigenvalue weighted by Gasteiger charge is 2.27. The zero-order chi connectivity index (χ0) is 16.5. The van der Waals surface area contributed by atoms with Gasteiger partial charge in [-0.05, 0) is 37.3 Å². The first-order valence-electron chi connectivity index (χ1n) is 7.62. The molecule has 22 heavy (non-hydrogen) atoms. The summed E-state index contributed by atoms with van der Waals surface area (Å²) < 4.78 is 0. The van der Waals surface area contributed by atoms with Crippen LogP contribution in [0.2, 0.25) is 0 Å². The molecule has 1 aromatic carbocycles. The normalized spacial score (nSPS) is 12.5. The number of carboxylic acid groups (broad SMARTS) is 2. The van der Waals surface area contributed by atoms with Crippen LogP contribution in [-0.2, 0) is 16.0 Å². The van der Waals surface area contributed by atoms with E-state index in [1.807, 2.05) is 44.2 Å². The van der Waals surface area contributed by atoms with Crippen LogP contribution in [0.25, 0.3) is 0 Å². The lowest BCUT2D eigenvalue weighted by molar-refractivity contribution is -0.147. The summed E-state index contributed by atoms with van der Waals surface area (Å²) in [6.07, 6.45) is 2.00. The van der Waals surface area contributed by atoms with Crippen molar-refractivity contribution in [3.05, 3.63) is 35.9 Å². The Morgan fingerprint density at radius 1 is 1.14 bits per heavy atom. The van der Waals surface area contributed by atoms with Gasteiger partial charge in [0.2, 0.25) is 0 Å². The van der Waals surface area contributed by atoms with Gasteiger partial charge >= 0.3 is 11.9 Å². The van der Waals surface area contributed by atoms with Crippen LogP contribution in [0.5, 0.6) is 0 Å². The van der Waals surface area contributed by atoms with Crippen LogP contribution in [0.3, 0.4) is 0 Å². The number of nitrogens with zero attached hydrogens (tertiary/aromatic N) is 1. The maximum absolute atomic E-state index is 11.5. The summed E-state index contributed by atoms with van der Waals surface area (Å²) in [6.45, 7) is 4.11. The fraction of sp³-hybridized carbons (Fsp3) is 0.529. The highest BCUT2D eigenvalue weighted by atomic mass is 16.4. The molecule has 0 amide bonds. The molecule has 5 heteroatoms. The van der Waals surface area contributed by atoms with Crippen molar-refractivity contribution in [1.82, 2.24) is 4.90 Å². The fourth-order valence-electron chi connectivity index (χ4n) is 2.50. The van der Waals surface area contributed by atoms with Gasteiger partial charge in [0, 0.05) is 0 Å². The minimum atomic E-state index is -0.991. The second-order valence-electron chi connectivity index (χ2n) is 5.94. The summed E-state index contributed by atoms with van der Waals surface area (Å²) in [6, 6.07) is 9.16. The summed E-state index contributed by atoms with van der Waals surface area (Å²) in [5, 5.41) is 18.4. The van der Waals surface area contributed by atoms with Crippen LogP contribution in [0.15, 0.2) is 30.3 Å². The van der Waals surface area contributed by atoms with Gasteiger partial charge in [-0.25, -0.2) is 0 Å². The number of hydrogen-bond donors (Lipinski definition) is 2. The Bertz CT molecular complexity index is 473. The minimum Gasteiger partial charge on any atom is -0.480 e. The van der Waals surface area contributed by atoms with Crippen molar-refractivity contribution < 1.29 is 19.8 Å². The molecule has 0 aliphatic rings. The van der Waals surface area contributed by atoms with E-state index in [2.05, 4.69) is 0 Å². The number of rotatable bonds is 10. The standard InChI is InChI=1S/C17H25NO4/c1-13(2)11-15(17(21)22)18(12-16(19)20)10-6-9-14-7-4-3-5-8-14/h3-5,7-8,13,15H,6,9-12H2,1-2H3,(H,19,20)(H,21,22). The summed E-state index contributed by atoms with van der Waals surface area (Å²) in [5.74, 6) is -1.74. The van der Waals surface area contributed by atoms with Crippen molar-refractivity contribution in [3.8, 4) is 0 Å². The molecule has 0 aliphatic heterocycles. The van der Waals surface area contributed by atoms with E-state index in [0.717, 1.165) is 12.8 Å². The smallest absolute Gasteiger partial charge is 0.320 e. The molecule has 2 N–H and O–H groups in total. The van der Waals surface area contributed by atoms with Gasteiger partial charge in [0.05, 0.1) is 6.54 Å². The molecular weight excluding hydrogens is 282 g/mol. The number of aryl methyl sites for hydroxylation is 1. The predicted octanol–water partition coefficient (Wildman–Crippen LogP) is 2.51. The topological polar surface area (TPSA) is 77.8 Å². The molecule has 0 aliphatic carbocycles. The first-order valence-corrected chi connectivity index (χ1v) is 7.62. The SMILES string of the molecule is CC(C)CC(C(=O)O)N(CCCc1ccccc1)CC(=O)O. The molecule has 5 nitrogen and oxygen atoms in total. The maximum atomic E-state index is 11.5. The first kappa shape index (κ1) is 18.2. The summed E-state index contributed by atoms with van der Waals surface area (Å²) >= 11 is 0. The molecule has 0 bridgehead atoms. The monoisotopic (exact) mass is 307 g/mol. The Balaban J connectivity index is 2.65. The molecule has 0 saturated heterocycles. The van der Waals surface area contributed by atoms with Gasteiger partial charge in [-0.15, -0.1) is 0 Å². The van der Waals surface area contributed by atoms with Crippen LogP contribution < -0.4 is 0 Å². The van der Waals surface area contributed by atoms with E-state index >= 15 is 0 Å². The quantitative estimate of drug-likeness (QED) is 0.694. The Hall–Kier alpha value is -1.88. The van der Waals surface area contributed by atoms with E-state index in [-0.39, 0.29) is 12.5 Å². The average Bonchev–Trinajstić information content (AvgIpc) is 2.44. The van der Waals surface area contributed by atoms with Gasteiger partial charge in [0.1, 0.15) is 6.04 Å². The Labute approximate surface area is 131 Å². The lowest BCUT2D eigenvalue weighted by Gasteiger charge is -2.28. The molecular formula is C17H25NO4. The molecule has 0 spiro atoms. The van der Waals surface area contributed by atoms with Crippen molar-refractivity contribution in [3.63, 3.8) is 0 Å². The molecule has 0 radical (unpaired) electrons. The number of hydrogen-bond acceptors (Lipinski definition) is 3. The van der Waals surface area contributed by atoms with Crippen LogP contribution >= 0.6 is 0 Å². The third-order valence-corrected chi connectivity index (χ3v) is 3.51. The van der Waals surface area contributed by atoms with E-state index in [4.69, 9.17) is 5.11 Å². The van der Waals surface area contributed by atoms with Crippen molar-refractivity contribution in [2.45, 2.75) is 39.2 Å². The van der Waals surface area contributed by atoms with Crippen molar-refractivity contribution in [1.29, 1.82) is 0 Å². The zero-order valence-electron chi connectivity index (χ0n) is 13.2. The van der Waals surface area contributed by atoms with Crippen LogP contribution in [0.4, 0.5) is 0 Å². The summed E-state index contributed by atoms with van der Waals surface area (Å²) in [5.41, 5.74) is 1.17. The summed E-state index contributed by atoms with van der Waals surface area (Å²) in [4.78, 5) is 24.0. The molecule has 1 unspecified atom stereocenters. The maximum Gasteiger partial charge on any atom is 0.320 e. The van der Waals surface area contributed by atoms with Crippen molar-refractivity contribution in [2.75, 3.05) is 13.1 Å². The molecule has 0 fully saturated rings. The Morgan fingerprint density at radius 2 is 1.77 bits per heavy atom. The average molecular weight is 307 g/mol. The molecule has 0 heterocycles. The van der Waals surface area contributed by atoms with Gasteiger partial charge < -0.3 is 10.2 Å². The fourth-order valence-corrected chi connectivity index (χ4v) is 2.50. The molecule has 1 rings (SSSR count). The lowest BCUT2D eigenvalue weighted by Crippen LogP contribution is -2.45. The second kappa shape index (κ2) is 9.20. The van der Waals surface area contributed by atoms with E-state index in [9.17, 15) is 14.7 Å². The molecule has 1 aromatic rings. The highest BCUT2D eigenvalue weighted by molar-refractivity contribution is 5.75. The number of aliphatic carboxylic acids is 2. The predicted molar refractivity (Wildman–Crippen MR) is 84.9 cm³/mol. The van der Waals surface area contributed by atoms with Crippen LogP contribution in [-0.4, -0.2) is 46.2 Å². The first-order chi connectivity index (χ1) is 10.4. The van der Waals surface area contributed by atoms with E-state index in [1.165, 1.54) is 5.56 Å². The zero-order valence-corrected chi connectivity index (χ0v) is 13.2. The van der Waals surface area contributed by atoms with Gasteiger partial charge in [0.25, 0.3) is 0 Å². The lowest BCUT2D eigenvalue weighted by atomic mass is 10.0. The largest absolute Gasteiger partial charge is 0.480 e. The second-order valence-corrected chi connectivity index (χ2v) is 5.94. The number of carbonyl (C=O) groups is 2. The Morgan fingerprint density at radius 3 is 2.27 bits per heavy atom. The summed E-state index contributed by atoms with van der Waals surface area (Å²) in [7, 11) is 0. The third-order valence-electron chi connectivity index (χ3n) is 3.51. The third kappa shape index (κ3) is 6.72. The molecule has 0 saturated carbocycles. The molecule has 122 valence electrons. The van der Waals surface area contributed by atoms with Gasteiger partial charge in [0.15, 0.2) is 0 Å². The molecule has 0 aromatic heterocycles. The van der Waals surface area contributed by atoms with E-state index < -0.39 is 18.0 Å². The van der Waals surface area contributed by atoms with E-state index in [1.54, 1.807) is 4.90 Å². The van der Waals surface area contributed by atoms with E-state index in [0.29, 0.717) is 13.0 Å². The highest BCUT2D eigenvalue weighted by Crippen LogP contribution is 2.14. The number of carboxylic acids is 2. The molecule has 1 atom stereocenters. The van der Waals surface area contributed by atoms with Crippen LogP contribution in [0.1, 0.15) is 32.3 Å². The van der Waals surface area contributed by atoms with Crippen molar-refractivity contribution >= 4 is 11.9 Å². The van der Waals surface area contributed by atoms with Gasteiger partial charge in [-0.2, -0.15) is 0 Å². The van der Waals surface area contributed by atoms with Gasteiger partial charge in [-0.3, -0.25) is 14.5 Å². The van der Waals surface area contributed by atoms with Gasteiger partial charge in [-0.1, -0.05) is 44.2 Å².